The maximum absolute atomic E-state index is 10.5. The molecule has 0 aliphatic carbocycles. The Labute approximate surface area is 93.3 Å². The lowest BCUT2D eigenvalue weighted by atomic mass is 9.99. The van der Waals surface area contributed by atoms with Gasteiger partial charge in [-0.25, -0.2) is 4.79 Å². The Balaban J connectivity index is 2.58. The van der Waals surface area contributed by atoms with Gasteiger partial charge in [0.1, 0.15) is 0 Å². The number of aliphatic hydroxyl groups excluding tert-OH is 1. The number of hydrogen-bond donors (Lipinski definition) is 3. The molecule has 0 saturated heterocycles. The fraction of sp³-hybridized carbons (Fsp3) is 0.600. The molecular formula is C10H16N2O4. The van der Waals surface area contributed by atoms with Crippen LogP contribution < -0.4 is 5.32 Å². The van der Waals surface area contributed by atoms with Crippen molar-refractivity contribution in [3.05, 3.63) is 17.5 Å². The predicted octanol–water partition coefficient (Wildman–Crippen LogP) is 0.622. The van der Waals surface area contributed by atoms with E-state index in [-0.39, 0.29) is 5.69 Å². The molecule has 1 unspecified atom stereocenters. The van der Waals surface area contributed by atoms with Crippen LogP contribution in [0.25, 0.3) is 0 Å². The molecule has 0 fully saturated rings. The van der Waals surface area contributed by atoms with Gasteiger partial charge in [0, 0.05) is 11.6 Å². The molecule has 0 aliphatic rings. The number of carboxylic acid groups (broad SMARTS) is 1. The average Bonchev–Trinajstić information content (AvgIpc) is 2.63. The van der Waals surface area contributed by atoms with Gasteiger partial charge in [0.05, 0.1) is 12.6 Å². The first kappa shape index (κ1) is 12.7. The van der Waals surface area contributed by atoms with Gasteiger partial charge < -0.3 is 20.1 Å². The fourth-order valence-corrected chi connectivity index (χ4v) is 0.960. The van der Waals surface area contributed by atoms with Crippen molar-refractivity contribution in [2.75, 3.05) is 0 Å². The van der Waals surface area contributed by atoms with E-state index in [1.54, 1.807) is 6.92 Å². The zero-order chi connectivity index (χ0) is 12.3. The first-order valence-corrected chi connectivity index (χ1v) is 4.95. The first-order valence-electron chi connectivity index (χ1n) is 4.95. The van der Waals surface area contributed by atoms with E-state index in [1.807, 2.05) is 13.8 Å². The Kier molecular flexibility index (Phi) is 3.66. The predicted molar refractivity (Wildman–Crippen MR) is 56.1 cm³/mol. The second kappa shape index (κ2) is 4.63. The Morgan fingerprint density at radius 2 is 2.31 bits per heavy atom. The molecule has 1 atom stereocenters. The highest BCUT2D eigenvalue weighted by Crippen LogP contribution is 2.11. The first-order chi connectivity index (χ1) is 7.33. The van der Waals surface area contributed by atoms with Crippen molar-refractivity contribution in [1.82, 2.24) is 10.5 Å². The number of nitrogens with one attached hydrogen (secondary N) is 1. The van der Waals surface area contributed by atoms with Crippen LogP contribution in [0.15, 0.2) is 10.6 Å². The highest BCUT2D eigenvalue weighted by atomic mass is 16.5. The van der Waals surface area contributed by atoms with Crippen LogP contribution in [0.4, 0.5) is 0 Å². The van der Waals surface area contributed by atoms with E-state index in [4.69, 9.17) is 9.63 Å². The number of carboxylic acids is 1. The Morgan fingerprint density at radius 1 is 1.69 bits per heavy atom. The van der Waals surface area contributed by atoms with E-state index >= 15 is 0 Å². The fourth-order valence-electron chi connectivity index (χ4n) is 0.960. The van der Waals surface area contributed by atoms with E-state index < -0.39 is 17.6 Å². The van der Waals surface area contributed by atoms with Gasteiger partial charge in [-0.05, 0) is 20.8 Å². The van der Waals surface area contributed by atoms with Crippen molar-refractivity contribution in [2.45, 2.75) is 39.0 Å². The minimum Gasteiger partial charge on any atom is -0.476 e. The van der Waals surface area contributed by atoms with Crippen LogP contribution >= 0.6 is 0 Å². The third kappa shape index (κ3) is 3.04. The van der Waals surface area contributed by atoms with Gasteiger partial charge in [-0.3, -0.25) is 0 Å². The standard InChI is InChI=1S/C10H16N2O4/c1-6(13)10(2,3)11-5-7-4-8(9(14)15)12-16-7/h4,6,11,13H,5H2,1-3H3,(H,14,15). The largest absolute Gasteiger partial charge is 0.476 e. The Bertz CT molecular complexity index is 371. The van der Waals surface area contributed by atoms with Gasteiger partial charge >= 0.3 is 5.97 Å². The summed E-state index contributed by atoms with van der Waals surface area (Å²) in [7, 11) is 0. The van der Waals surface area contributed by atoms with Crippen molar-refractivity contribution >= 4 is 5.97 Å². The van der Waals surface area contributed by atoms with E-state index in [2.05, 4.69) is 10.5 Å². The van der Waals surface area contributed by atoms with Crippen molar-refractivity contribution in [3.63, 3.8) is 0 Å². The zero-order valence-electron chi connectivity index (χ0n) is 9.52. The minimum atomic E-state index is -1.12. The van der Waals surface area contributed by atoms with Crippen LogP contribution in [-0.4, -0.2) is 33.0 Å². The highest BCUT2D eigenvalue weighted by molar-refractivity contribution is 5.85. The normalized spacial score (nSPS) is 13.8. The van der Waals surface area contributed by atoms with Gasteiger partial charge in [0.25, 0.3) is 0 Å². The third-order valence-corrected chi connectivity index (χ3v) is 2.54. The number of aromatic carboxylic acids is 1. The van der Waals surface area contributed by atoms with E-state index in [1.165, 1.54) is 6.07 Å². The summed E-state index contributed by atoms with van der Waals surface area (Å²) in [6.45, 7) is 5.67. The summed E-state index contributed by atoms with van der Waals surface area (Å²) in [6, 6.07) is 1.35. The highest BCUT2D eigenvalue weighted by Gasteiger charge is 2.23. The van der Waals surface area contributed by atoms with Gasteiger partial charge in [-0.2, -0.15) is 0 Å². The quantitative estimate of drug-likeness (QED) is 0.683. The molecule has 0 amide bonds. The lowest BCUT2D eigenvalue weighted by molar-refractivity contribution is 0.0685. The summed E-state index contributed by atoms with van der Waals surface area (Å²) in [5.74, 6) is -0.698. The molecule has 1 rings (SSSR count). The maximum atomic E-state index is 10.5. The molecule has 0 radical (unpaired) electrons. The van der Waals surface area contributed by atoms with Crippen LogP contribution in [0.3, 0.4) is 0 Å². The summed E-state index contributed by atoms with van der Waals surface area (Å²) >= 11 is 0. The van der Waals surface area contributed by atoms with Crippen molar-refractivity contribution in [3.8, 4) is 0 Å². The molecule has 6 heteroatoms. The van der Waals surface area contributed by atoms with E-state index in [0.29, 0.717) is 12.3 Å². The van der Waals surface area contributed by atoms with Crippen LogP contribution in [0.2, 0.25) is 0 Å². The third-order valence-electron chi connectivity index (χ3n) is 2.54. The topological polar surface area (TPSA) is 95.6 Å². The minimum absolute atomic E-state index is 0.119. The summed E-state index contributed by atoms with van der Waals surface area (Å²) in [6.07, 6.45) is -0.533. The summed E-state index contributed by atoms with van der Waals surface area (Å²) in [5.41, 5.74) is -0.595. The molecule has 0 spiro atoms. The van der Waals surface area contributed by atoms with Gasteiger partial charge in [0.15, 0.2) is 11.5 Å². The van der Waals surface area contributed by atoms with Gasteiger partial charge in [0.2, 0.25) is 0 Å². The van der Waals surface area contributed by atoms with Gasteiger partial charge in [-0.1, -0.05) is 5.16 Å². The van der Waals surface area contributed by atoms with Crippen LogP contribution in [0.5, 0.6) is 0 Å². The molecule has 0 aromatic carbocycles. The second-order valence-corrected chi connectivity index (χ2v) is 4.23. The Hall–Kier alpha value is -1.40. The number of nitrogens with zero attached hydrogens (tertiary/aromatic N) is 1. The molecule has 1 aromatic heterocycles. The number of hydrogen-bond acceptors (Lipinski definition) is 5. The summed E-state index contributed by atoms with van der Waals surface area (Å²) in [5, 5.41) is 24.5. The van der Waals surface area contributed by atoms with Crippen molar-refractivity contribution in [1.29, 1.82) is 0 Å². The maximum Gasteiger partial charge on any atom is 0.358 e. The number of aromatic nitrogens is 1. The van der Waals surface area contributed by atoms with E-state index in [0.717, 1.165) is 0 Å². The zero-order valence-corrected chi connectivity index (χ0v) is 9.52. The summed E-state index contributed by atoms with van der Waals surface area (Å²) in [4.78, 5) is 10.5. The molecule has 90 valence electrons. The summed E-state index contributed by atoms with van der Waals surface area (Å²) < 4.78 is 4.83. The molecule has 0 aliphatic heterocycles. The molecule has 16 heavy (non-hydrogen) atoms. The van der Waals surface area contributed by atoms with Gasteiger partial charge in [-0.15, -0.1) is 0 Å². The van der Waals surface area contributed by atoms with Crippen LogP contribution in [0, 0.1) is 0 Å². The molecule has 6 nitrogen and oxygen atoms in total. The average molecular weight is 228 g/mol. The number of aliphatic hydroxyl groups is 1. The molecule has 0 bridgehead atoms. The van der Waals surface area contributed by atoms with Crippen molar-refractivity contribution < 1.29 is 19.5 Å². The molecular weight excluding hydrogens is 212 g/mol. The smallest absolute Gasteiger partial charge is 0.358 e. The van der Waals surface area contributed by atoms with Crippen molar-refractivity contribution in [2.24, 2.45) is 0 Å². The van der Waals surface area contributed by atoms with E-state index in [9.17, 15) is 9.90 Å². The number of rotatable bonds is 5. The second-order valence-electron chi connectivity index (χ2n) is 4.23. The monoisotopic (exact) mass is 228 g/mol. The lowest BCUT2D eigenvalue weighted by Gasteiger charge is -2.28. The van der Waals surface area contributed by atoms with Crippen LogP contribution in [0.1, 0.15) is 37.0 Å². The SMILES string of the molecule is CC(O)C(C)(C)NCc1cc(C(=O)O)no1. The molecule has 3 N–H and O–H groups in total. The lowest BCUT2D eigenvalue weighted by Crippen LogP contribution is -2.47. The number of carbonyl (C=O) groups is 1. The molecule has 1 heterocycles. The molecule has 1 aromatic rings. The van der Waals surface area contributed by atoms with Crippen LogP contribution in [-0.2, 0) is 6.54 Å². The molecule has 0 saturated carbocycles. The Morgan fingerprint density at radius 3 is 2.75 bits per heavy atom.